The van der Waals surface area contributed by atoms with Crippen LogP contribution >= 0.6 is 0 Å². The molecule has 1 aromatic carbocycles. The van der Waals surface area contributed by atoms with Gasteiger partial charge in [0.15, 0.2) is 0 Å². The van der Waals surface area contributed by atoms with Crippen LogP contribution in [0.4, 0.5) is 15.8 Å². The van der Waals surface area contributed by atoms with E-state index in [4.69, 9.17) is 4.74 Å². The first-order valence-electron chi connectivity index (χ1n) is 15.4. The van der Waals surface area contributed by atoms with Crippen molar-refractivity contribution in [3.05, 3.63) is 36.2 Å². The summed E-state index contributed by atoms with van der Waals surface area (Å²) in [7, 11) is 2.09. The zero-order chi connectivity index (χ0) is 28.8. The Morgan fingerprint density at radius 3 is 2.71 bits per heavy atom. The van der Waals surface area contributed by atoms with Crippen molar-refractivity contribution in [1.82, 2.24) is 35.8 Å². The van der Waals surface area contributed by atoms with Crippen LogP contribution in [0.15, 0.2) is 30.4 Å². The Kier molecular flexibility index (Phi) is 7.80. The van der Waals surface area contributed by atoms with Crippen molar-refractivity contribution in [2.45, 2.75) is 56.6 Å². The number of carbonyl (C=O) groups excluding carboxylic acids is 2. The zero-order valence-corrected chi connectivity index (χ0v) is 24.2. The minimum atomic E-state index is -0.364. The first-order valence-corrected chi connectivity index (χ1v) is 15.4. The van der Waals surface area contributed by atoms with E-state index in [2.05, 4.69) is 55.3 Å². The third-order valence-electron chi connectivity index (χ3n) is 9.55. The minimum Gasteiger partial charge on any atom is -0.367 e. The van der Waals surface area contributed by atoms with E-state index in [1.807, 2.05) is 22.0 Å². The van der Waals surface area contributed by atoms with Gasteiger partial charge in [-0.05, 0) is 50.9 Å². The van der Waals surface area contributed by atoms with Crippen LogP contribution in [-0.4, -0.2) is 122 Å². The van der Waals surface area contributed by atoms with Gasteiger partial charge in [-0.2, -0.15) is 5.01 Å². The molecule has 0 aromatic heterocycles. The van der Waals surface area contributed by atoms with Gasteiger partial charge in [0.25, 0.3) is 0 Å². The van der Waals surface area contributed by atoms with Crippen LogP contribution in [0, 0.1) is 11.7 Å². The summed E-state index contributed by atoms with van der Waals surface area (Å²) in [5.41, 5.74) is 1.29. The van der Waals surface area contributed by atoms with Gasteiger partial charge < -0.3 is 24.8 Å². The number of nitrogens with one attached hydrogen (secondary N) is 4. The molecule has 13 heteroatoms. The number of piperazine rings is 1. The van der Waals surface area contributed by atoms with Crippen LogP contribution in [-0.2, 0) is 14.3 Å². The van der Waals surface area contributed by atoms with Crippen LogP contribution in [0.3, 0.4) is 0 Å². The summed E-state index contributed by atoms with van der Waals surface area (Å²) in [5, 5.41) is 18.1. The van der Waals surface area contributed by atoms with Gasteiger partial charge in [-0.15, -0.1) is 0 Å². The summed E-state index contributed by atoms with van der Waals surface area (Å²) >= 11 is 0. The maximum Gasteiger partial charge on any atom is 0.249 e. The number of piperidine rings is 1. The molecule has 42 heavy (non-hydrogen) atoms. The SMILES string of the molecule is CN1CCN(c2ccc(NC3NCC4C(=O)N5C/C=C\CCCN6C(=O)COC7CCC(NC76)N5C4N3)cc2F)CC1. The molecule has 6 atom stereocenters. The van der Waals surface area contributed by atoms with Crippen molar-refractivity contribution in [2.24, 2.45) is 5.92 Å². The van der Waals surface area contributed by atoms with Crippen molar-refractivity contribution in [2.75, 3.05) is 69.7 Å². The number of morpholine rings is 1. The summed E-state index contributed by atoms with van der Waals surface area (Å²) < 4.78 is 21.1. The number of carbonyl (C=O) groups is 2. The van der Waals surface area contributed by atoms with Crippen LogP contribution in [0.1, 0.15) is 25.7 Å². The Hall–Kier alpha value is -2.81. The molecule has 228 valence electrons. The smallest absolute Gasteiger partial charge is 0.249 e. The van der Waals surface area contributed by atoms with E-state index in [0.29, 0.717) is 31.0 Å². The van der Waals surface area contributed by atoms with E-state index in [1.54, 1.807) is 6.07 Å². The third-order valence-corrected chi connectivity index (χ3v) is 9.55. The summed E-state index contributed by atoms with van der Waals surface area (Å²) in [4.78, 5) is 32.8. The number of fused-ring (bicyclic) bond motifs is 5. The maximum absolute atomic E-state index is 15.2. The number of ether oxygens (including phenoxy) is 1. The van der Waals surface area contributed by atoms with E-state index >= 15 is 4.39 Å². The van der Waals surface area contributed by atoms with Gasteiger partial charge in [0, 0.05) is 45.0 Å². The van der Waals surface area contributed by atoms with E-state index in [9.17, 15) is 9.59 Å². The lowest BCUT2D eigenvalue weighted by atomic mass is 9.99. The van der Waals surface area contributed by atoms with Crippen LogP contribution in [0.5, 0.6) is 0 Å². The molecule has 0 radical (unpaired) electrons. The van der Waals surface area contributed by atoms with Crippen molar-refractivity contribution < 1.29 is 18.7 Å². The number of rotatable bonds is 3. The quantitative estimate of drug-likeness (QED) is 0.366. The molecule has 0 aliphatic carbocycles. The number of allylic oxidation sites excluding steroid dienone is 1. The molecule has 12 nitrogen and oxygen atoms in total. The third kappa shape index (κ3) is 5.26. The molecule has 1 aromatic rings. The number of hydrogen-bond acceptors (Lipinski definition) is 10. The average molecular weight is 584 g/mol. The van der Waals surface area contributed by atoms with Crippen molar-refractivity contribution in [3.8, 4) is 0 Å². The monoisotopic (exact) mass is 583 g/mol. The standard InChI is InChI=1S/C29H42FN9O3/c1-35-12-14-36(15-13-35)22-7-6-19(16-21(22)30)32-29-31-17-20-26(34-29)39-24-9-8-23-27(33-24)37(25(40)18-42-23)10-4-2-3-5-11-38(39)28(20)41/h3,5-7,16,20,23-24,26-27,29,31-34H,2,4,8-15,17-18H2,1H3/b5-3-. The van der Waals surface area contributed by atoms with E-state index in [1.165, 1.54) is 0 Å². The van der Waals surface area contributed by atoms with Crippen molar-refractivity contribution >= 4 is 23.2 Å². The van der Waals surface area contributed by atoms with Crippen LogP contribution < -0.4 is 26.2 Å². The molecule has 6 unspecified atom stereocenters. The van der Waals surface area contributed by atoms with E-state index in [0.717, 1.165) is 51.9 Å². The second-order valence-corrected chi connectivity index (χ2v) is 12.2. The van der Waals surface area contributed by atoms with Crippen molar-refractivity contribution in [3.63, 3.8) is 0 Å². The highest BCUT2D eigenvalue weighted by Crippen LogP contribution is 2.34. The Labute approximate surface area is 246 Å². The lowest BCUT2D eigenvalue weighted by Crippen LogP contribution is -2.72. The fourth-order valence-electron chi connectivity index (χ4n) is 7.24. The largest absolute Gasteiger partial charge is 0.367 e. The van der Waals surface area contributed by atoms with Gasteiger partial charge >= 0.3 is 0 Å². The lowest BCUT2D eigenvalue weighted by Gasteiger charge is -2.50. The van der Waals surface area contributed by atoms with Gasteiger partial charge in [0.05, 0.1) is 36.6 Å². The molecular formula is C29H42FN9O3. The number of hydrogen-bond donors (Lipinski definition) is 4. The highest BCUT2D eigenvalue weighted by molar-refractivity contribution is 5.82. The molecular weight excluding hydrogens is 541 g/mol. The number of nitrogens with zero attached hydrogens (tertiary/aromatic N) is 5. The normalized spacial score (nSPS) is 35.2. The van der Waals surface area contributed by atoms with E-state index in [-0.39, 0.29) is 61.0 Å². The van der Waals surface area contributed by atoms with Gasteiger partial charge in [-0.3, -0.25) is 30.5 Å². The van der Waals surface area contributed by atoms with E-state index < -0.39 is 0 Å². The zero-order valence-electron chi connectivity index (χ0n) is 24.2. The lowest BCUT2D eigenvalue weighted by molar-refractivity contribution is -0.176. The number of anilines is 2. The molecule has 5 fully saturated rings. The highest BCUT2D eigenvalue weighted by Gasteiger charge is 2.53. The first-order chi connectivity index (χ1) is 20.5. The predicted molar refractivity (Wildman–Crippen MR) is 155 cm³/mol. The Morgan fingerprint density at radius 1 is 1.02 bits per heavy atom. The Bertz CT molecular complexity index is 1210. The van der Waals surface area contributed by atoms with Gasteiger partial charge in [-0.25, -0.2) is 4.39 Å². The van der Waals surface area contributed by atoms with Gasteiger partial charge in [0.1, 0.15) is 24.9 Å². The minimum absolute atomic E-state index is 0.00722. The molecule has 2 amide bonds. The number of amides is 2. The summed E-state index contributed by atoms with van der Waals surface area (Å²) in [6, 6.07) is 5.31. The average Bonchev–Trinajstić information content (AvgIpc) is 3.26. The number of benzene rings is 1. The highest BCUT2D eigenvalue weighted by atomic mass is 19.1. The number of halogens is 1. The number of hydrazine groups is 1. The summed E-state index contributed by atoms with van der Waals surface area (Å²) in [6.45, 7) is 5.23. The fourth-order valence-corrected chi connectivity index (χ4v) is 7.24. The molecule has 4 N–H and O–H groups in total. The van der Waals surface area contributed by atoms with Gasteiger partial charge in [0.2, 0.25) is 11.8 Å². The first kappa shape index (κ1) is 28.0. The van der Waals surface area contributed by atoms with Crippen LogP contribution in [0.25, 0.3) is 0 Å². The molecule has 6 aliphatic rings. The molecule has 5 saturated heterocycles. The Balaban J connectivity index is 1.09. The molecule has 0 saturated carbocycles. The maximum atomic E-state index is 15.2. The van der Waals surface area contributed by atoms with Gasteiger partial charge in [-0.1, -0.05) is 12.2 Å². The summed E-state index contributed by atoms with van der Waals surface area (Å²) in [6.07, 6.45) is 6.40. The van der Waals surface area contributed by atoms with Crippen molar-refractivity contribution in [1.29, 1.82) is 0 Å². The second-order valence-electron chi connectivity index (χ2n) is 12.2. The predicted octanol–water partition coefficient (Wildman–Crippen LogP) is 0.0803. The summed E-state index contributed by atoms with van der Waals surface area (Å²) in [5.74, 6) is -0.449. The molecule has 6 heterocycles. The Morgan fingerprint density at radius 2 is 1.88 bits per heavy atom. The van der Waals surface area contributed by atoms with Crippen LogP contribution in [0.2, 0.25) is 0 Å². The molecule has 2 bridgehead atoms. The number of likely N-dealkylation sites (N-methyl/N-ethyl adjacent to an activating group) is 1. The fraction of sp³-hybridized carbons (Fsp3) is 0.655. The second kappa shape index (κ2) is 11.7. The topological polar surface area (TPSA) is 108 Å². The molecule has 7 rings (SSSR count). The molecule has 6 aliphatic heterocycles. The molecule has 0 spiro atoms.